The molecule has 1 heterocycles. The normalized spacial score (nSPS) is 11.6. The molecular formula is C18H14ClF2N3O4S. The number of benzene rings is 2. The second kappa shape index (κ2) is 8.66. The number of hydrogen-bond donors (Lipinski definition) is 1. The molecule has 0 fully saturated rings. The number of sulfone groups is 1. The van der Waals surface area contributed by atoms with Crippen molar-refractivity contribution in [2.24, 2.45) is 0 Å². The minimum Gasteiger partial charge on any atom is -0.339 e. The quantitative estimate of drug-likeness (QED) is 0.595. The van der Waals surface area contributed by atoms with Crippen molar-refractivity contribution in [1.82, 2.24) is 10.1 Å². The lowest BCUT2D eigenvalue weighted by Crippen LogP contribution is -2.13. The highest BCUT2D eigenvalue weighted by molar-refractivity contribution is 7.91. The predicted molar refractivity (Wildman–Crippen MR) is 101 cm³/mol. The highest BCUT2D eigenvalue weighted by atomic mass is 35.5. The van der Waals surface area contributed by atoms with Crippen LogP contribution in [0.5, 0.6) is 0 Å². The molecule has 0 saturated carbocycles. The Kier molecular flexibility index (Phi) is 6.23. The summed E-state index contributed by atoms with van der Waals surface area (Å²) in [6.07, 6.45) is 0.212. The molecule has 0 aliphatic carbocycles. The molecule has 0 saturated heterocycles. The third-order valence-corrected chi connectivity index (χ3v) is 5.49. The molecule has 3 rings (SSSR count). The minimum atomic E-state index is -4.67. The van der Waals surface area contributed by atoms with Crippen LogP contribution >= 0.6 is 11.6 Å². The maximum atomic E-state index is 12.5. The standard InChI is InChI=1S/C18H14ClF2N3O4S/c19-12-3-1-11(2-4-12)17-23-16(28-24-17)10-9-15(25)22-13-5-7-14(8-6-13)29(26,27)18(20)21/h1-8,18H,9-10H2,(H,22,25). The first-order chi connectivity index (χ1) is 13.8. The highest BCUT2D eigenvalue weighted by Crippen LogP contribution is 2.21. The van der Waals surface area contributed by atoms with Gasteiger partial charge in [0.15, 0.2) is 0 Å². The fourth-order valence-electron chi connectivity index (χ4n) is 2.35. The van der Waals surface area contributed by atoms with Gasteiger partial charge < -0.3 is 9.84 Å². The van der Waals surface area contributed by atoms with Gasteiger partial charge in [0.1, 0.15) is 0 Å². The summed E-state index contributed by atoms with van der Waals surface area (Å²) in [6.45, 7) is 0. The first kappa shape index (κ1) is 20.9. The fraction of sp³-hybridized carbons (Fsp3) is 0.167. The monoisotopic (exact) mass is 441 g/mol. The van der Waals surface area contributed by atoms with Crippen LogP contribution in [-0.2, 0) is 21.1 Å². The van der Waals surface area contributed by atoms with E-state index < -0.39 is 20.5 Å². The minimum absolute atomic E-state index is 0.0271. The zero-order valence-electron chi connectivity index (χ0n) is 14.7. The Morgan fingerprint density at radius 3 is 2.38 bits per heavy atom. The number of amides is 1. The van der Waals surface area contributed by atoms with Crippen molar-refractivity contribution in [2.75, 3.05) is 5.32 Å². The van der Waals surface area contributed by atoms with E-state index in [0.717, 1.165) is 12.1 Å². The SMILES string of the molecule is O=C(CCc1nc(-c2ccc(Cl)cc2)no1)Nc1ccc(S(=O)(=O)C(F)F)cc1. The summed E-state index contributed by atoms with van der Waals surface area (Å²) in [7, 11) is -4.67. The number of aryl methyl sites for hydroxylation is 1. The number of hydrogen-bond acceptors (Lipinski definition) is 6. The molecular weight excluding hydrogens is 428 g/mol. The molecule has 11 heteroatoms. The fourth-order valence-corrected chi connectivity index (χ4v) is 3.19. The largest absolute Gasteiger partial charge is 0.341 e. The van der Waals surface area contributed by atoms with E-state index in [1.54, 1.807) is 24.3 Å². The van der Waals surface area contributed by atoms with E-state index in [9.17, 15) is 22.0 Å². The molecule has 1 amide bonds. The van der Waals surface area contributed by atoms with Crippen LogP contribution in [0.25, 0.3) is 11.4 Å². The lowest BCUT2D eigenvalue weighted by molar-refractivity contribution is -0.116. The van der Waals surface area contributed by atoms with Crippen LogP contribution in [0.1, 0.15) is 12.3 Å². The van der Waals surface area contributed by atoms with Gasteiger partial charge in [-0.05, 0) is 48.5 Å². The van der Waals surface area contributed by atoms with Crippen molar-refractivity contribution in [3.8, 4) is 11.4 Å². The third kappa shape index (κ3) is 5.15. The Morgan fingerprint density at radius 1 is 1.10 bits per heavy atom. The van der Waals surface area contributed by atoms with E-state index in [4.69, 9.17) is 16.1 Å². The molecule has 0 aliphatic heterocycles. The van der Waals surface area contributed by atoms with Gasteiger partial charge in [0.05, 0.1) is 4.90 Å². The molecule has 0 spiro atoms. The molecule has 0 aliphatic rings. The Labute approximate surface area is 169 Å². The molecule has 0 radical (unpaired) electrons. The number of alkyl halides is 2. The van der Waals surface area contributed by atoms with E-state index in [1.807, 2.05) is 0 Å². The molecule has 0 bridgehead atoms. The Morgan fingerprint density at radius 2 is 1.76 bits per heavy atom. The Bertz CT molecular complexity index is 1100. The van der Waals surface area contributed by atoms with Crippen LogP contribution in [-0.4, -0.2) is 30.2 Å². The van der Waals surface area contributed by atoms with Gasteiger partial charge in [0.2, 0.25) is 27.5 Å². The lowest BCUT2D eigenvalue weighted by atomic mass is 10.2. The maximum absolute atomic E-state index is 12.5. The van der Waals surface area contributed by atoms with Crippen LogP contribution in [0.4, 0.5) is 14.5 Å². The topological polar surface area (TPSA) is 102 Å². The summed E-state index contributed by atoms with van der Waals surface area (Å²) in [6, 6.07) is 11.3. The van der Waals surface area contributed by atoms with E-state index in [0.29, 0.717) is 16.4 Å². The first-order valence-corrected chi connectivity index (χ1v) is 10.2. The summed E-state index contributed by atoms with van der Waals surface area (Å²) in [5.74, 6) is -3.26. The average molecular weight is 442 g/mol. The molecule has 152 valence electrons. The second-order valence-electron chi connectivity index (χ2n) is 5.90. The van der Waals surface area contributed by atoms with E-state index >= 15 is 0 Å². The molecule has 29 heavy (non-hydrogen) atoms. The number of anilines is 1. The van der Waals surface area contributed by atoms with Crippen LogP contribution in [0, 0.1) is 0 Å². The number of nitrogens with zero attached hydrogens (tertiary/aromatic N) is 2. The van der Waals surface area contributed by atoms with Crippen molar-refractivity contribution < 1.29 is 26.5 Å². The van der Waals surface area contributed by atoms with Gasteiger partial charge in [-0.2, -0.15) is 13.8 Å². The van der Waals surface area contributed by atoms with E-state index in [2.05, 4.69) is 15.5 Å². The van der Waals surface area contributed by atoms with Crippen LogP contribution < -0.4 is 5.32 Å². The van der Waals surface area contributed by atoms with Gasteiger partial charge >= 0.3 is 5.76 Å². The number of nitrogens with one attached hydrogen (secondary N) is 1. The molecule has 7 nitrogen and oxygen atoms in total. The lowest BCUT2D eigenvalue weighted by Gasteiger charge is -2.06. The summed E-state index contributed by atoms with van der Waals surface area (Å²) in [5, 5.41) is 6.96. The zero-order valence-corrected chi connectivity index (χ0v) is 16.3. The summed E-state index contributed by atoms with van der Waals surface area (Å²) in [4.78, 5) is 15.7. The van der Waals surface area contributed by atoms with Crippen molar-refractivity contribution in [3.05, 3.63) is 59.4 Å². The molecule has 1 N–H and O–H groups in total. The van der Waals surface area contributed by atoms with Crippen LogP contribution in [0.3, 0.4) is 0 Å². The van der Waals surface area contributed by atoms with Gasteiger partial charge in [-0.25, -0.2) is 8.42 Å². The van der Waals surface area contributed by atoms with Gasteiger partial charge in [0.25, 0.3) is 0 Å². The zero-order chi connectivity index (χ0) is 21.0. The Hall–Kier alpha value is -2.85. The Balaban J connectivity index is 1.56. The second-order valence-corrected chi connectivity index (χ2v) is 8.25. The van der Waals surface area contributed by atoms with Gasteiger partial charge in [-0.1, -0.05) is 16.8 Å². The molecule has 1 aromatic heterocycles. The van der Waals surface area contributed by atoms with Crippen LogP contribution in [0.2, 0.25) is 5.02 Å². The number of carbonyl (C=O) groups excluding carboxylic acids is 1. The van der Waals surface area contributed by atoms with E-state index in [-0.39, 0.29) is 30.3 Å². The third-order valence-electron chi connectivity index (χ3n) is 3.84. The van der Waals surface area contributed by atoms with Gasteiger partial charge in [-0.15, -0.1) is 0 Å². The average Bonchev–Trinajstić information content (AvgIpc) is 3.16. The van der Waals surface area contributed by atoms with Crippen molar-refractivity contribution >= 4 is 33.0 Å². The molecule has 2 aromatic carbocycles. The number of halogens is 3. The smallest absolute Gasteiger partial charge is 0.339 e. The highest BCUT2D eigenvalue weighted by Gasteiger charge is 2.26. The van der Waals surface area contributed by atoms with Crippen molar-refractivity contribution in [1.29, 1.82) is 0 Å². The maximum Gasteiger partial charge on any atom is 0.341 e. The number of rotatable bonds is 7. The predicted octanol–water partition coefficient (Wildman–Crippen LogP) is 3.96. The van der Waals surface area contributed by atoms with Crippen molar-refractivity contribution in [2.45, 2.75) is 23.5 Å². The van der Waals surface area contributed by atoms with Crippen molar-refractivity contribution in [3.63, 3.8) is 0 Å². The number of carbonyl (C=O) groups is 1. The molecule has 0 atom stereocenters. The van der Waals surface area contributed by atoms with Crippen LogP contribution in [0.15, 0.2) is 57.9 Å². The van der Waals surface area contributed by atoms with Gasteiger partial charge in [-0.3, -0.25) is 4.79 Å². The molecule has 3 aromatic rings. The summed E-state index contributed by atoms with van der Waals surface area (Å²) in [5.41, 5.74) is 0.989. The number of aromatic nitrogens is 2. The summed E-state index contributed by atoms with van der Waals surface area (Å²) >= 11 is 5.83. The van der Waals surface area contributed by atoms with E-state index in [1.165, 1.54) is 12.1 Å². The van der Waals surface area contributed by atoms with Gasteiger partial charge in [0, 0.05) is 29.1 Å². The molecule has 0 unspecified atom stereocenters. The first-order valence-electron chi connectivity index (χ1n) is 8.26. The summed E-state index contributed by atoms with van der Waals surface area (Å²) < 4.78 is 52.9.